The molecular formula is C13H26N4O2S. The maximum absolute atomic E-state index is 12.7. The van der Waals surface area contributed by atoms with Gasteiger partial charge in [0.15, 0.2) is 5.03 Å². The molecule has 1 aromatic heterocycles. The van der Waals surface area contributed by atoms with E-state index in [1.54, 1.807) is 20.2 Å². The third kappa shape index (κ3) is 2.75. The van der Waals surface area contributed by atoms with Crippen molar-refractivity contribution in [2.24, 2.45) is 5.73 Å². The van der Waals surface area contributed by atoms with E-state index in [2.05, 4.69) is 4.98 Å². The van der Waals surface area contributed by atoms with Gasteiger partial charge in [-0.25, -0.2) is 13.4 Å². The van der Waals surface area contributed by atoms with Gasteiger partial charge in [0.05, 0.1) is 0 Å². The Morgan fingerprint density at radius 2 is 1.90 bits per heavy atom. The molecule has 0 aliphatic heterocycles. The molecule has 1 rings (SSSR count). The summed E-state index contributed by atoms with van der Waals surface area (Å²) < 4.78 is 28.7. The van der Waals surface area contributed by atoms with E-state index in [-0.39, 0.29) is 5.03 Å². The Morgan fingerprint density at radius 3 is 2.25 bits per heavy atom. The molecule has 0 saturated heterocycles. The number of imidazole rings is 1. The van der Waals surface area contributed by atoms with E-state index in [0.717, 1.165) is 0 Å². The summed E-state index contributed by atoms with van der Waals surface area (Å²) >= 11 is 0. The van der Waals surface area contributed by atoms with Gasteiger partial charge in [-0.1, -0.05) is 13.8 Å². The zero-order valence-electron chi connectivity index (χ0n) is 13.0. The van der Waals surface area contributed by atoms with Crippen LogP contribution in [0.15, 0.2) is 11.2 Å². The van der Waals surface area contributed by atoms with E-state index < -0.39 is 15.6 Å². The van der Waals surface area contributed by atoms with E-state index in [9.17, 15) is 8.42 Å². The Labute approximate surface area is 122 Å². The number of aromatic nitrogens is 2. The van der Waals surface area contributed by atoms with Crippen molar-refractivity contribution in [3.05, 3.63) is 12.0 Å². The molecule has 0 amide bonds. The first-order chi connectivity index (χ1) is 9.28. The van der Waals surface area contributed by atoms with Gasteiger partial charge in [0.1, 0.15) is 5.82 Å². The highest BCUT2D eigenvalue weighted by atomic mass is 32.2. The fourth-order valence-electron chi connectivity index (χ4n) is 2.43. The molecule has 0 unspecified atom stereocenters. The van der Waals surface area contributed by atoms with Gasteiger partial charge in [0.2, 0.25) is 0 Å². The smallest absolute Gasteiger partial charge is 0.262 e. The molecule has 0 aliphatic carbocycles. The van der Waals surface area contributed by atoms with E-state index in [1.165, 1.54) is 4.31 Å². The van der Waals surface area contributed by atoms with Crippen LogP contribution in [0.2, 0.25) is 0 Å². The van der Waals surface area contributed by atoms with Crippen LogP contribution >= 0.6 is 0 Å². The highest BCUT2D eigenvalue weighted by Gasteiger charge is 2.39. The lowest BCUT2D eigenvalue weighted by atomic mass is 9.93. The minimum absolute atomic E-state index is 0.0964. The van der Waals surface area contributed by atoms with Crippen molar-refractivity contribution < 1.29 is 8.42 Å². The molecule has 0 saturated carbocycles. The van der Waals surface area contributed by atoms with Crippen LogP contribution < -0.4 is 5.73 Å². The highest BCUT2D eigenvalue weighted by Crippen LogP contribution is 2.27. The monoisotopic (exact) mass is 302 g/mol. The molecule has 6 nitrogen and oxygen atoms in total. The number of rotatable bonds is 7. The van der Waals surface area contributed by atoms with E-state index >= 15 is 0 Å². The fraction of sp³-hybridized carbons (Fsp3) is 0.769. The van der Waals surface area contributed by atoms with Crippen molar-refractivity contribution in [1.29, 1.82) is 0 Å². The standard InChI is InChI=1S/C13H26N4O2S/c1-6-13(7-2,10-14)16(5)20(18,19)12-9-17(8-3)11(4)15-12/h9H,6-8,10,14H2,1-5H3. The Hall–Kier alpha value is -0.920. The lowest BCUT2D eigenvalue weighted by Crippen LogP contribution is -2.53. The second kappa shape index (κ2) is 6.24. The molecule has 2 N–H and O–H groups in total. The Bertz CT molecular complexity index is 538. The van der Waals surface area contributed by atoms with Gasteiger partial charge in [-0.15, -0.1) is 0 Å². The van der Waals surface area contributed by atoms with Gasteiger partial charge < -0.3 is 10.3 Å². The summed E-state index contributed by atoms with van der Waals surface area (Å²) in [5.41, 5.74) is 5.28. The molecule has 0 aromatic carbocycles. The summed E-state index contributed by atoms with van der Waals surface area (Å²) in [7, 11) is -2.03. The second-order valence-corrected chi connectivity index (χ2v) is 6.94. The second-order valence-electron chi connectivity index (χ2n) is 5.02. The fourth-order valence-corrected chi connectivity index (χ4v) is 4.06. The van der Waals surface area contributed by atoms with Crippen LogP contribution in [-0.2, 0) is 16.6 Å². The molecule has 7 heteroatoms. The minimum atomic E-state index is -3.62. The number of nitrogens with two attached hydrogens (primary N) is 1. The number of sulfonamides is 1. The predicted molar refractivity (Wildman–Crippen MR) is 80.0 cm³/mol. The average molecular weight is 302 g/mol. The third-order valence-corrected chi connectivity index (χ3v) is 6.12. The lowest BCUT2D eigenvalue weighted by Gasteiger charge is -2.38. The first kappa shape index (κ1) is 17.1. The molecule has 1 heterocycles. The quantitative estimate of drug-likeness (QED) is 0.824. The van der Waals surface area contributed by atoms with E-state index in [0.29, 0.717) is 31.8 Å². The highest BCUT2D eigenvalue weighted by molar-refractivity contribution is 7.89. The average Bonchev–Trinajstić information content (AvgIpc) is 2.83. The molecule has 0 fully saturated rings. The molecule has 116 valence electrons. The molecule has 0 radical (unpaired) electrons. The van der Waals surface area contributed by atoms with Crippen LogP contribution in [0.25, 0.3) is 0 Å². The SMILES string of the molecule is CCn1cc(S(=O)(=O)N(C)C(CC)(CC)CN)nc1C. The van der Waals surface area contributed by atoms with Gasteiger partial charge in [-0.05, 0) is 26.7 Å². The van der Waals surface area contributed by atoms with Crippen molar-refractivity contribution in [1.82, 2.24) is 13.9 Å². The van der Waals surface area contributed by atoms with Crippen molar-refractivity contribution in [3.8, 4) is 0 Å². The van der Waals surface area contributed by atoms with Crippen molar-refractivity contribution in [2.45, 2.75) is 57.6 Å². The van der Waals surface area contributed by atoms with Crippen molar-refractivity contribution >= 4 is 10.0 Å². The van der Waals surface area contributed by atoms with E-state index in [4.69, 9.17) is 5.73 Å². The van der Waals surface area contributed by atoms with Crippen molar-refractivity contribution in [2.75, 3.05) is 13.6 Å². The maximum atomic E-state index is 12.7. The summed E-state index contributed by atoms with van der Waals surface area (Å²) in [6, 6.07) is 0. The van der Waals surface area contributed by atoms with Gasteiger partial charge >= 0.3 is 0 Å². The molecule has 0 spiro atoms. The lowest BCUT2D eigenvalue weighted by molar-refractivity contribution is 0.207. The van der Waals surface area contributed by atoms with Crippen LogP contribution in [0.1, 0.15) is 39.4 Å². The predicted octanol–water partition coefficient (Wildman–Crippen LogP) is 1.35. The number of hydrogen-bond acceptors (Lipinski definition) is 4. The first-order valence-electron chi connectivity index (χ1n) is 7.02. The number of aryl methyl sites for hydroxylation is 2. The number of hydrogen-bond donors (Lipinski definition) is 1. The summed E-state index contributed by atoms with van der Waals surface area (Å²) in [6.07, 6.45) is 2.93. The molecule has 1 aromatic rings. The normalized spacial score (nSPS) is 13.2. The van der Waals surface area contributed by atoms with Crippen LogP contribution in [0, 0.1) is 6.92 Å². The summed E-state index contributed by atoms with van der Waals surface area (Å²) in [5, 5.41) is 0.0964. The van der Waals surface area contributed by atoms with Crippen LogP contribution in [0.4, 0.5) is 0 Å². The largest absolute Gasteiger partial charge is 0.334 e. The Kier molecular flexibility index (Phi) is 5.34. The van der Waals surface area contributed by atoms with Crippen LogP contribution in [0.3, 0.4) is 0 Å². The summed E-state index contributed by atoms with van der Waals surface area (Å²) in [5.74, 6) is 0.700. The zero-order valence-corrected chi connectivity index (χ0v) is 13.9. The first-order valence-corrected chi connectivity index (χ1v) is 8.46. The maximum Gasteiger partial charge on any atom is 0.262 e. The molecule has 0 aliphatic rings. The van der Waals surface area contributed by atoms with Gasteiger partial charge in [0, 0.05) is 31.9 Å². The van der Waals surface area contributed by atoms with Crippen LogP contribution in [0.5, 0.6) is 0 Å². The van der Waals surface area contributed by atoms with Gasteiger partial charge in [-0.3, -0.25) is 0 Å². The van der Waals surface area contributed by atoms with Gasteiger partial charge in [0.25, 0.3) is 10.0 Å². The topological polar surface area (TPSA) is 81.2 Å². The van der Waals surface area contributed by atoms with E-state index in [1.807, 2.05) is 25.3 Å². The van der Waals surface area contributed by atoms with Crippen LogP contribution in [-0.4, -0.2) is 41.4 Å². The molecular weight excluding hydrogens is 276 g/mol. The summed E-state index contributed by atoms with van der Waals surface area (Å²) in [6.45, 7) is 8.66. The number of nitrogens with zero attached hydrogens (tertiary/aromatic N) is 3. The molecule has 0 bridgehead atoms. The van der Waals surface area contributed by atoms with Crippen molar-refractivity contribution in [3.63, 3.8) is 0 Å². The number of likely N-dealkylation sites (N-methyl/N-ethyl adjacent to an activating group) is 1. The molecule has 20 heavy (non-hydrogen) atoms. The Balaban J connectivity index is 3.27. The van der Waals surface area contributed by atoms with Gasteiger partial charge in [-0.2, -0.15) is 4.31 Å². The Morgan fingerprint density at radius 1 is 1.35 bits per heavy atom. The third-order valence-electron chi connectivity index (χ3n) is 4.28. The summed E-state index contributed by atoms with van der Waals surface area (Å²) in [4.78, 5) is 4.18. The zero-order chi connectivity index (χ0) is 15.6. The molecule has 0 atom stereocenters. The minimum Gasteiger partial charge on any atom is -0.334 e.